The molecule has 0 bridgehead atoms. The Morgan fingerprint density at radius 2 is 2.14 bits per heavy atom. The minimum Gasteiger partial charge on any atom is -0.370 e. The number of benzene rings is 1. The minimum atomic E-state index is -0.318. The van der Waals surface area contributed by atoms with Crippen molar-refractivity contribution in [3.63, 3.8) is 0 Å². The number of carbonyl (C=O) groups excluding carboxylic acids is 1. The molecule has 22 heavy (non-hydrogen) atoms. The second-order valence-electron chi connectivity index (χ2n) is 5.29. The third kappa shape index (κ3) is 3.49. The van der Waals surface area contributed by atoms with E-state index < -0.39 is 0 Å². The lowest BCUT2D eigenvalue weighted by Crippen LogP contribution is -2.43. The number of ether oxygens (including phenoxy) is 1. The number of aromatic nitrogens is 1. The van der Waals surface area contributed by atoms with E-state index in [1.807, 2.05) is 12.1 Å². The van der Waals surface area contributed by atoms with Crippen molar-refractivity contribution in [1.29, 1.82) is 0 Å². The number of halogens is 1. The molecule has 1 aliphatic heterocycles. The molecule has 0 N–H and O–H groups in total. The van der Waals surface area contributed by atoms with E-state index >= 15 is 0 Å². The predicted octanol–water partition coefficient (Wildman–Crippen LogP) is 2.36. The van der Waals surface area contributed by atoms with Crippen molar-refractivity contribution < 1.29 is 13.9 Å². The van der Waals surface area contributed by atoms with E-state index in [2.05, 4.69) is 4.98 Å². The van der Waals surface area contributed by atoms with Gasteiger partial charge in [-0.15, -0.1) is 0 Å². The van der Waals surface area contributed by atoms with Gasteiger partial charge in [-0.2, -0.15) is 0 Å². The van der Waals surface area contributed by atoms with Crippen LogP contribution in [0.25, 0.3) is 0 Å². The fourth-order valence-electron chi connectivity index (χ4n) is 2.59. The van der Waals surface area contributed by atoms with Gasteiger partial charge in [0.15, 0.2) is 0 Å². The molecule has 114 valence electrons. The highest BCUT2D eigenvalue weighted by atomic mass is 19.1. The maximum Gasteiger partial charge on any atom is 0.227 e. The Morgan fingerprint density at radius 1 is 1.32 bits per heavy atom. The molecule has 0 saturated carbocycles. The van der Waals surface area contributed by atoms with Gasteiger partial charge in [-0.1, -0.05) is 12.1 Å². The number of hydrogen-bond donors (Lipinski definition) is 0. The lowest BCUT2D eigenvalue weighted by Gasteiger charge is -2.33. The van der Waals surface area contributed by atoms with Crippen LogP contribution in [0.1, 0.15) is 17.2 Å². The normalized spacial score (nSPS) is 18.2. The highest BCUT2D eigenvalue weighted by Crippen LogP contribution is 2.22. The molecular weight excluding hydrogens is 283 g/mol. The van der Waals surface area contributed by atoms with Crippen molar-refractivity contribution in [3.05, 3.63) is 65.7 Å². The largest absolute Gasteiger partial charge is 0.370 e. The Morgan fingerprint density at radius 3 is 2.91 bits per heavy atom. The van der Waals surface area contributed by atoms with Crippen LogP contribution in [0.15, 0.2) is 48.8 Å². The van der Waals surface area contributed by atoms with Gasteiger partial charge in [0.1, 0.15) is 11.9 Å². The summed E-state index contributed by atoms with van der Waals surface area (Å²) in [6.45, 7) is 1.58. The maximum absolute atomic E-state index is 13.2. The SMILES string of the molecule is O=C(Cc1cccc(F)c1)N1CCOC(c2ccncc2)C1. The van der Waals surface area contributed by atoms with E-state index in [9.17, 15) is 9.18 Å². The van der Waals surface area contributed by atoms with Crippen LogP contribution in [0.4, 0.5) is 4.39 Å². The molecule has 0 radical (unpaired) electrons. The van der Waals surface area contributed by atoms with E-state index in [4.69, 9.17) is 4.74 Å². The second-order valence-corrected chi connectivity index (χ2v) is 5.29. The minimum absolute atomic E-state index is 0.00652. The van der Waals surface area contributed by atoms with Crippen LogP contribution in [0.5, 0.6) is 0 Å². The van der Waals surface area contributed by atoms with E-state index in [0.29, 0.717) is 25.3 Å². The van der Waals surface area contributed by atoms with Gasteiger partial charge in [-0.05, 0) is 35.4 Å². The van der Waals surface area contributed by atoms with Crippen molar-refractivity contribution in [2.45, 2.75) is 12.5 Å². The van der Waals surface area contributed by atoms with E-state index in [0.717, 1.165) is 5.56 Å². The highest BCUT2D eigenvalue weighted by molar-refractivity contribution is 5.78. The molecule has 5 heteroatoms. The van der Waals surface area contributed by atoms with Crippen molar-refractivity contribution in [2.24, 2.45) is 0 Å². The number of carbonyl (C=O) groups is 1. The average Bonchev–Trinajstić information content (AvgIpc) is 2.56. The van der Waals surface area contributed by atoms with Gasteiger partial charge < -0.3 is 9.64 Å². The smallest absolute Gasteiger partial charge is 0.227 e. The number of pyridine rings is 1. The molecule has 0 aliphatic carbocycles. The number of hydrogen-bond acceptors (Lipinski definition) is 3. The number of nitrogens with zero attached hydrogens (tertiary/aromatic N) is 2. The lowest BCUT2D eigenvalue weighted by atomic mass is 10.1. The molecule has 4 nitrogen and oxygen atoms in total. The third-order valence-electron chi connectivity index (χ3n) is 3.74. The van der Waals surface area contributed by atoms with Crippen molar-refractivity contribution in [1.82, 2.24) is 9.88 Å². The first-order valence-electron chi connectivity index (χ1n) is 7.26. The predicted molar refractivity (Wildman–Crippen MR) is 79.6 cm³/mol. The lowest BCUT2D eigenvalue weighted by molar-refractivity contribution is -0.138. The first-order chi connectivity index (χ1) is 10.7. The topological polar surface area (TPSA) is 42.4 Å². The number of amides is 1. The summed E-state index contributed by atoms with van der Waals surface area (Å²) in [5.41, 5.74) is 1.70. The van der Waals surface area contributed by atoms with E-state index in [1.165, 1.54) is 12.1 Å². The van der Waals surface area contributed by atoms with Gasteiger partial charge in [0.2, 0.25) is 5.91 Å². The molecule has 2 aromatic rings. The number of morpholine rings is 1. The summed E-state index contributed by atoms with van der Waals surface area (Å²) in [5, 5.41) is 0. The van der Waals surface area contributed by atoms with Crippen LogP contribution in [-0.4, -0.2) is 35.5 Å². The van der Waals surface area contributed by atoms with Gasteiger partial charge in [0.25, 0.3) is 0 Å². The van der Waals surface area contributed by atoms with Gasteiger partial charge in [-0.25, -0.2) is 4.39 Å². The Bertz CT molecular complexity index is 648. The molecular formula is C17H17FN2O2. The Hall–Kier alpha value is -2.27. The average molecular weight is 300 g/mol. The van der Waals surface area contributed by atoms with Crippen LogP contribution in [0.2, 0.25) is 0 Å². The molecule has 1 aliphatic rings. The molecule has 1 aromatic carbocycles. The molecule has 1 unspecified atom stereocenters. The fraction of sp³-hybridized carbons (Fsp3) is 0.294. The van der Waals surface area contributed by atoms with Gasteiger partial charge in [-0.3, -0.25) is 9.78 Å². The second kappa shape index (κ2) is 6.66. The summed E-state index contributed by atoms with van der Waals surface area (Å²) in [5.74, 6) is -0.324. The fourth-order valence-corrected chi connectivity index (χ4v) is 2.59. The zero-order valence-electron chi connectivity index (χ0n) is 12.1. The van der Waals surface area contributed by atoms with Crippen molar-refractivity contribution >= 4 is 5.91 Å². The molecule has 0 spiro atoms. The summed E-state index contributed by atoms with van der Waals surface area (Å²) in [6, 6.07) is 9.95. The Balaban J connectivity index is 1.65. The van der Waals surface area contributed by atoms with Gasteiger partial charge in [0.05, 0.1) is 19.6 Å². The monoisotopic (exact) mass is 300 g/mol. The summed E-state index contributed by atoms with van der Waals surface area (Å²) >= 11 is 0. The van der Waals surface area contributed by atoms with Crippen molar-refractivity contribution in [2.75, 3.05) is 19.7 Å². The van der Waals surface area contributed by atoms with Crippen LogP contribution in [0.3, 0.4) is 0 Å². The first kappa shape index (κ1) is 14.7. The summed E-state index contributed by atoms with van der Waals surface area (Å²) in [4.78, 5) is 18.2. The van der Waals surface area contributed by atoms with Crippen LogP contribution < -0.4 is 0 Å². The standard InChI is InChI=1S/C17H17FN2O2/c18-15-3-1-2-13(10-15)11-17(21)20-8-9-22-16(12-20)14-4-6-19-7-5-14/h1-7,10,16H,8-9,11-12H2. The molecule has 1 aromatic heterocycles. The molecule has 3 rings (SSSR count). The zero-order valence-corrected chi connectivity index (χ0v) is 12.1. The quantitative estimate of drug-likeness (QED) is 0.874. The summed E-state index contributed by atoms with van der Waals surface area (Å²) in [6.07, 6.45) is 3.51. The van der Waals surface area contributed by atoms with Crippen LogP contribution in [-0.2, 0) is 16.0 Å². The van der Waals surface area contributed by atoms with E-state index in [-0.39, 0.29) is 24.2 Å². The van der Waals surface area contributed by atoms with Crippen molar-refractivity contribution in [3.8, 4) is 0 Å². The Labute approximate surface area is 128 Å². The summed E-state index contributed by atoms with van der Waals surface area (Å²) in [7, 11) is 0. The molecule has 2 heterocycles. The highest BCUT2D eigenvalue weighted by Gasteiger charge is 2.25. The summed E-state index contributed by atoms with van der Waals surface area (Å²) < 4.78 is 18.9. The zero-order chi connectivity index (χ0) is 15.4. The first-order valence-corrected chi connectivity index (χ1v) is 7.26. The maximum atomic E-state index is 13.2. The molecule has 1 saturated heterocycles. The number of rotatable bonds is 3. The van der Waals surface area contributed by atoms with Crippen LogP contribution >= 0.6 is 0 Å². The third-order valence-corrected chi connectivity index (χ3v) is 3.74. The molecule has 1 fully saturated rings. The van der Waals surface area contributed by atoms with Gasteiger partial charge >= 0.3 is 0 Å². The van der Waals surface area contributed by atoms with Gasteiger partial charge in [0, 0.05) is 18.9 Å². The van der Waals surface area contributed by atoms with Crippen LogP contribution in [0, 0.1) is 5.82 Å². The molecule has 1 atom stereocenters. The van der Waals surface area contributed by atoms with E-state index in [1.54, 1.807) is 29.4 Å². The molecule has 1 amide bonds. The Kier molecular flexibility index (Phi) is 4.44.